The number of para-hydroxylation sites is 1. The molecule has 10 heteroatoms. The van der Waals surface area contributed by atoms with Gasteiger partial charge in [-0.1, -0.05) is 12.1 Å². The first-order valence-corrected chi connectivity index (χ1v) is 11.1. The molecule has 0 bridgehead atoms. The minimum Gasteiger partial charge on any atom is -0.497 e. The van der Waals surface area contributed by atoms with Crippen molar-refractivity contribution in [3.05, 3.63) is 81.8 Å². The lowest BCUT2D eigenvalue weighted by Gasteiger charge is -2.34. The van der Waals surface area contributed by atoms with Crippen molar-refractivity contribution >= 4 is 11.6 Å². The van der Waals surface area contributed by atoms with Crippen molar-refractivity contribution in [3.8, 4) is 11.4 Å². The molecule has 1 N–H and O–H groups in total. The van der Waals surface area contributed by atoms with Crippen LogP contribution in [0.1, 0.15) is 34.6 Å². The number of rotatable bonds is 5. The molecule has 1 amide bonds. The summed E-state index contributed by atoms with van der Waals surface area (Å²) in [5.41, 5.74) is -1.00. The zero-order chi connectivity index (χ0) is 25.2. The standard InChI is InChI=1S/C25H25F3N4O3/c1-16-15-22(33)23(30-32(16)21-6-4-3-5-20(21)25(26,27)28)24(34)29-17-11-13-31(14-12-17)18-7-9-19(35-2)10-8-18/h3-10,15,17H,11-14H2,1-2H3,(H,29,34). The largest absolute Gasteiger partial charge is 0.497 e. The molecule has 2 aromatic carbocycles. The number of aryl methyl sites for hydroxylation is 1. The van der Waals surface area contributed by atoms with Gasteiger partial charge in [-0.05, 0) is 56.2 Å². The predicted molar refractivity (Wildman–Crippen MR) is 125 cm³/mol. The zero-order valence-corrected chi connectivity index (χ0v) is 19.3. The molecule has 184 valence electrons. The number of anilines is 1. The molecular weight excluding hydrogens is 461 g/mol. The van der Waals surface area contributed by atoms with Crippen molar-refractivity contribution < 1.29 is 22.7 Å². The number of alkyl halides is 3. The average Bonchev–Trinajstić information content (AvgIpc) is 2.84. The lowest BCUT2D eigenvalue weighted by molar-refractivity contribution is -0.137. The number of methoxy groups -OCH3 is 1. The molecule has 0 spiro atoms. The summed E-state index contributed by atoms with van der Waals surface area (Å²) in [6.07, 6.45) is -3.32. The number of piperidine rings is 1. The molecule has 2 heterocycles. The van der Waals surface area contributed by atoms with E-state index in [0.29, 0.717) is 25.9 Å². The molecule has 1 aromatic heterocycles. The molecule has 0 saturated carbocycles. The molecule has 0 radical (unpaired) electrons. The van der Waals surface area contributed by atoms with Crippen LogP contribution in [0.4, 0.5) is 18.9 Å². The first-order chi connectivity index (χ1) is 16.7. The van der Waals surface area contributed by atoms with Crippen molar-refractivity contribution in [2.24, 2.45) is 0 Å². The number of ether oxygens (including phenoxy) is 1. The van der Waals surface area contributed by atoms with Crippen LogP contribution in [0, 0.1) is 6.92 Å². The highest BCUT2D eigenvalue weighted by molar-refractivity contribution is 5.92. The van der Waals surface area contributed by atoms with Crippen LogP contribution < -0.4 is 20.4 Å². The van der Waals surface area contributed by atoms with E-state index in [1.54, 1.807) is 7.11 Å². The van der Waals surface area contributed by atoms with Crippen LogP contribution in [0.3, 0.4) is 0 Å². The van der Waals surface area contributed by atoms with Crippen LogP contribution in [0.2, 0.25) is 0 Å². The highest BCUT2D eigenvalue weighted by Crippen LogP contribution is 2.33. The molecule has 1 aliphatic rings. The van der Waals surface area contributed by atoms with Crippen molar-refractivity contribution in [3.63, 3.8) is 0 Å². The number of carbonyl (C=O) groups excluding carboxylic acids is 1. The number of hydrogen-bond acceptors (Lipinski definition) is 5. The van der Waals surface area contributed by atoms with E-state index >= 15 is 0 Å². The van der Waals surface area contributed by atoms with Gasteiger partial charge in [-0.25, -0.2) is 4.68 Å². The van der Waals surface area contributed by atoms with Crippen molar-refractivity contribution in [2.75, 3.05) is 25.1 Å². The van der Waals surface area contributed by atoms with E-state index in [-0.39, 0.29) is 17.4 Å². The van der Waals surface area contributed by atoms with Crippen molar-refractivity contribution in [2.45, 2.75) is 32.0 Å². The lowest BCUT2D eigenvalue weighted by atomic mass is 10.0. The van der Waals surface area contributed by atoms with E-state index < -0.39 is 28.8 Å². The minimum atomic E-state index is -4.62. The molecule has 0 unspecified atom stereocenters. The first-order valence-electron chi connectivity index (χ1n) is 11.1. The average molecular weight is 486 g/mol. The summed E-state index contributed by atoms with van der Waals surface area (Å²) in [7, 11) is 1.61. The quantitative estimate of drug-likeness (QED) is 0.591. The number of carbonyl (C=O) groups is 1. The number of halogens is 3. The van der Waals surface area contributed by atoms with Gasteiger partial charge in [0.2, 0.25) is 5.43 Å². The molecule has 3 aromatic rings. The highest BCUT2D eigenvalue weighted by atomic mass is 19.4. The highest BCUT2D eigenvalue weighted by Gasteiger charge is 2.34. The smallest absolute Gasteiger partial charge is 0.418 e. The Morgan fingerprint density at radius 3 is 2.37 bits per heavy atom. The summed E-state index contributed by atoms with van der Waals surface area (Å²) in [6, 6.07) is 13.6. The Kier molecular flexibility index (Phi) is 6.81. The molecule has 1 saturated heterocycles. The van der Waals surface area contributed by atoms with Gasteiger partial charge in [0.25, 0.3) is 5.91 Å². The van der Waals surface area contributed by atoms with E-state index in [1.807, 2.05) is 24.3 Å². The first kappa shape index (κ1) is 24.3. The van der Waals surface area contributed by atoms with Gasteiger partial charge < -0.3 is 15.0 Å². The summed E-state index contributed by atoms with van der Waals surface area (Å²) < 4.78 is 46.7. The van der Waals surface area contributed by atoms with Gasteiger partial charge in [0, 0.05) is 36.6 Å². The maximum atomic E-state index is 13.5. The van der Waals surface area contributed by atoms with Gasteiger partial charge in [0.05, 0.1) is 18.4 Å². The van der Waals surface area contributed by atoms with Crippen molar-refractivity contribution in [1.82, 2.24) is 15.1 Å². The van der Waals surface area contributed by atoms with Crippen LogP contribution in [0.5, 0.6) is 5.75 Å². The third kappa shape index (κ3) is 5.31. The number of nitrogens with zero attached hydrogens (tertiary/aromatic N) is 3. The third-order valence-electron chi connectivity index (χ3n) is 6.03. The van der Waals surface area contributed by atoms with Crippen LogP contribution in [0.25, 0.3) is 5.69 Å². The normalized spacial score (nSPS) is 14.6. The van der Waals surface area contributed by atoms with Gasteiger partial charge in [-0.2, -0.15) is 18.3 Å². The number of aromatic nitrogens is 2. The topological polar surface area (TPSA) is 76.5 Å². The monoisotopic (exact) mass is 486 g/mol. The fraction of sp³-hybridized carbons (Fsp3) is 0.320. The minimum absolute atomic E-state index is 0.185. The van der Waals surface area contributed by atoms with Crippen molar-refractivity contribution in [1.29, 1.82) is 0 Å². The SMILES string of the molecule is COc1ccc(N2CCC(NC(=O)c3nn(-c4ccccc4C(F)(F)F)c(C)cc3=O)CC2)cc1. The molecule has 7 nitrogen and oxygen atoms in total. The van der Waals surface area contributed by atoms with Gasteiger partial charge in [0.1, 0.15) is 5.75 Å². The molecule has 1 aliphatic heterocycles. The second kappa shape index (κ2) is 9.81. The van der Waals surface area contributed by atoms with Crippen LogP contribution in [-0.4, -0.2) is 41.9 Å². The second-order valence-corrected chi connectivity index (χ2v) is 8.36. The summed E-state index contributed by atoms with van der Waals surface area (Å²) >= 11 is 0. The predicted octanol–water partition coefficient (Wildman–Crippen LogP) is 3.97. The van der Waals surface area contributed by atoms with E-state index in [4.69, 9.17) is 4.74 Å². The fourth-order valence-corrected chi connectivity index (χ4v) is 4.18. The van der Waals surface area contributed by atoms with Crippen LogP contribution in [0.15, 0.2) is 59.4 Å². The summed E-state index contributed by atoms with van der Waals surface area (Å²) in [4.78, 5) is 27.6. The Bertz CT molecular complexity index is 1260. The molecule has 35 heavy (non-hydrogen) atoms. The maximum Gasteiger partial charge on any atom is 0.418 e. The van der Waals surface area contributed by atoms with Gasteiger partial charge in [-0.15, -0.1) is 0 Å². The fourth-order valence-electron chi connectivity index (χ4n) is 4.18. The molecule has 1 fully saturated rings. The summed E-state index contributed by atoms with van der Waals surface area (Å²) in [6.45, 7) is 2.86. The number of nitrogens with one attached hydrogen (secondary N) is 1. The Morgan fingerprint density at radius 1 is 1.09 bits per heavy atom. The summed E-state index contributed by atoms with van der Waals surface area (Å²) in [5, 5.41) is 6.86. The van der Waals surface area contributed by atoms with Crippen LogP contribution >= 0.6 is 0 Å². The number of amides is 1. The Labute approximate surface area is 200 Å². The van der Waals surface area contributed by atoms with Gasteiger partial charge in [-0.3, -0.25) is 9.59 Å². The molecule has 0 aliphatic carbocycles. The van der Waals surface area contributed by atoms with E-state index in [1.165, 1.54) is 25.1 Å². The Balaban J connectivity index is 1.50. The van der Waals surface area contributed by atoms with Gasteiger partial charge >= 0.3 is 6.18 Å². The lowest BCUT2D eigenvalue weighted by Crippen LogP contribution is -2.46. The molecule has 4 rings (SSSR count). The molecule has 0 atom stereocenters. The van der Waals surface area contributed by atoms with Crippen LogP contribution in [-0.2, 0) is 6.18 Å². The van der Waals surface area contributed by atoms with E-state index in [9.17, 15) is 22.8 Å². The second-order valence-electron chi connectivity index (χ2n) is 8.36. The third-order valence-corrected chi connectivity index (χ3v) is 6.03. The number of hydrogen-bond donors (Lipinski definition) is 1. The van der Waals surface area contributed by atoms with Gasteiger partial charge in [0.15, 0.2) is 5.69 Å². The Hall–Kier alpha value is -3.82. The van der Waals surface area contributed by atoms with E-state index in [2.05, 4.69) is 15.3 Å². The zero-order valence-electron chi connectivity index (χ0n) is 19.3. The summed E-state index contributed by atoms with van der Waals surface area (Å²) in [5.74, 6) is 0.0705. The molecular formula is C25H25F3N4O3. The number of benzene rings is 2. The van der Waals surface area contributed by atoms with E-state index in [0.717, 1.165) is 28.3 Å². The maximum absolute atomic E-state index is 13.5. The Morgan fingerprint density at radius 2 is 1.74 bits per heavy atom.